The highest BCUT2D eigenvalue weighted by Gasteiger charge is 2.17. The van der Waals surface area contributed by atoms with Gasteiger partial charge in [-0.1, -0.05) is 19.1 Å². The molecule has 0 amide bonds. The fourth-order valence-corrected chi connectivity index (χ4v) is 2.24. The highest BCUT2D eigenvalue weighted by molar-refractivity contribution is 5.34. The molecule has 4 heteroatoms. The number of nitrogens with one attached hydrogen (secondary N) is 1. The maximum atomic E-state index is 13.5. The van der Waals surface area contributed by atoms with Gasteiger partial charge in [0.15, 0.2) is 0 Å². The molecule has 0 saturated heterocycles. The molecule has 1 unspecified atom stereocenters. The first-order chi connectivity index (χ1) is 9.61. The summed E-state index contributed by atoms with van der Waals surface area (Å²) in [5.41, 5.74) is 3.70. The third kappa shape index (κ3) is 3.39. The largest absolute Gasteiger partial charge is 0.306 e. The van der Waals surface area contributed by atoms with Crippen molar-refractivity contribution in [2.24, 2.45) is 0 Å². The van der Waals surface area contributed by atoms with Crippen molar-refractivity contribution in [3.8, 4) is 0 Å². The third-order valence-electron chi connectivity index (χ3n) is 3.23. The van der Waals surface area contributed by atoms with Crippen LogP contribution in [0.2, 0.25) is 0 Å². The first kappa shape index (κ1) is 14.6. The van der Waals surface area contributed by atoms with Crippen LogP contribution in [-0.4, -0.2) is 16.7 Å². The van der Waals surface area contributed by atoms with Crippen LogP contribution >= 0.6 is 0 Å². The standard InChI is InChI=1S/C16H20FN3/c1-4-8-18-16(13-6-5-7-14(17)10-13)15-9-11(2)19-20-12(15)3/h5-7,9-10,16,18H,4,8H2,1-3H3. The molecule has 106 valence electrons. The summed E-state index contributed by atoms with van der Waals surface area (Å²) in [6.07, 6.45) is 1.02. The molecule has 1 N–H and O–H groups in total. The Kier molecular flexibility index (Phi) is 4.79. The van der Waals surface area contributed by atoms with E-state index in [1.54, 1.807) is 12.1 Å². The molecule has 0 radical (unpaired) electrons. The van der Waals surface area contributed by atoms with Crippen LogP contribution in [0.1, 0.15) is 41.9 Å². The van der Waals surface area contributed by atoms with Crippen LogP contribution in [0.3, 0.4) is 0 Å². The Labute approximate surface area is 119 Å². The molecular formula is C16H20FN3. The predicted octanol–water partition coefficient (Wildman–Crippen LogP) is 3.32. The second-order valence-corrected chi connectivity index (χ2v) is 4.97. The Morgan fingerprint density at radius 3 is 2.70 bits per heavy atom. The van der Waals surface area contributed by atoms with Gasteiger partial charge in [-0.05, 0) is 56.1 Å². The van der Waals surface area contributed by atoms with Crippen molar-refractivity contribution in [3.05, 3.63) is 58.7 Å². The number of hydrogen-bond donors (Lipinski definition) is 1. The van der Waals surface area contributed by atoms with Crippen LogP contribution in [0.4, 0.5) is 4.39 Å². The summed E-state index contributed by atoms with van der Waals surface area (Å²) in [6.45, 7) is 6.82. The quantitative estimate of drug-likeness (QED) is 0.908. The fourth-order valence-electron chi connectivity index (χ4n) is 2.24. The van der Waals surface area contributed by atoms with Gasteiger partial charge in [-0.25, -0.2) is 4.39 Å². The van der Waals surface area contributed by atoms with E-state index in [2.05, 4.69) is 22.4 Å². The summed E-state index contributed by atoms with van der Waals surface area (Å²) >= 11 is 0. The van der Waals surface area contributed by atoms with E-state index < -0.39 is 0 Å². The lowest BCUT2D eigenvalue weighted by molar-refractivity contribution is 0.580. The Morgan fingerprint density at radius 2 is 2.00 bits per heavy atom. The van der Waals surface area contributed by atoms with Gasteiger partial charge >= 0.3 is 0 Å². The average molecular weight is 273 g/mol. The molecule has 1 heterocycles. The summed E-state index contributed by atoms with van der Waals surface area (Å²) < 4.78 is 13.5. The molecule has 0 aliphatic heterocycles. The molecule has 0 aliphatic rings. The number of benzene rings is 1. The van der Waals surface area contributed by atoms with E-state index in [-0.39, 0.29) is 11.9 Å². The van der Waals surface area contributed by atoms with Crippen LogP contribution in [0.15, 0.2) is 30.3 Å². The number of nitrogens with zero attached hydrogens (tertiary/aromatic N) is 2. The average Bonchev–Trinajstić information content (AvgIpc) is 2.43. The number of aryl methyl sites for hydroxylation is 2. The molecule has 3 nitrogen and oxygen atoms in total. The molecule has 20 heavy (non-hydrogen) atoms. The number of halogens is 1. The van der Waals surface area contributed by atoms with Gasteiger partial charge in [-0.15, -0.1) is 0 Å². The monoisotopic (exact) mass is 273 g/mol. The minimum atomic E-state index is -0.220. The molecule has 0 fully saturated rings. The lowest BCUT2D eigenvalue weighted by atomic mass is 9.97. The predicted molar refractivity (Wildman–Crippen MR) is 78.0 cm³/mol. The summed E-state index contributed by atoms with van der Waals surface area (Å²) in [4.78, 5) is 0. The summed E-state index contributed by atoms with van der Waals surface area (Å²) in [7, 11) is 0. The maximum absolute atomic E-state index is 13.5. The number of hydrogen-bond acceptors (Lipinski definition) is 3. The smallest absolute Gasteiger partial charge is 0.123 e. The second-order valence-electron chi connectivity index (χ2n) is 4.97. The van der Waals surface area contributed by atoms with E-state index in [0.29, 0.717) is 0 Å². The Morgan fingerprint density at radius 1 is 1.20 bits per heavy atom. The van der Waals surface area contributed by atoms with Crippen molar-refractivity contribution in [2.45, 2.75) is 33.2 Å². The Balaban J connectivity index is 2.44. The van der Waals surface area contributed by atoms with E-state index in [1.165, 1.54) is 6.07 Å². The molecule has 1 aromatic carbocycles. The summed E-state index contributed by atoms with van der Waals surface area (Å²) in [6, 6.07) is 8.67. The van der Waals surface area contributed by atoms with E-state index in [1.807, 2.05) is 26.0 Å². The van der Waals surface area contributed by atoms with Crippen molar-refractivity contribution in [1.82, 2.24) is 15.5 Å². The lowest BCUT2D eigenvalue weighted by Crippen LogP contribution is -2.24. The van der Waals surface area contributed by atoms with Gasteiger partial charge in [-0.3, -0.25) is 0 Å². The van der Waals surface area contributed by atoms with Gasteiger partial charge in [-0.2, -0.15) is 10.2 Å². The summed E-state index contributed by atoms with van der Waals surface area (Å²) in [5.74, 6) is -0.220. The molecular weight excluding hydrogens is 253 g/mol. The highest BCUT2D eigenvalue weighted by atomic mass is 19.1. The van der Waals surface area contributed by atoms with E-state index in [9.17, 15) is 4.39 Å². The van der Waals surface area contributed by atoms with E-state index in [4.69, 9.17) is 0 Å². The van der Waals surface area contributed by atoms with Crippen LogP contribution in [0.5, 0.6) is 0 Å². The van der Waals surface area contributed by atoms with Gasteiger partial charge in [0.1, 0.15) is 5.82 Å². The molecule has 0 saturated carbocycles. The summed E-state index contributed by atoms with van der Waals surface area (Å²) in [5, 5.41) is 11.7. The zero-order valence-corrected chi connectivity index (χ0v) is 12.2. The Bertz CT molecular complexity index is 584. The normalized spacial score (nSPS) is 12.4. The van der Waals surface area contributed by atoms with Crippen LogP contribution < -0.4 is 5.32 Å². The highest BCUT2D eigenvalue weighted by Crippen LogP contribution is 2.24. The number of rotatable bonds is 5. The van der Waals surface area contributed by atoms with Gasteiger partial charge < -0.3 is 5.32 Å². The maximum Gasteiger partial charge on any atom is 0.123 e. The minimum absolute atomic E-state index is 0.0557. The van der Waals surface area contributed by atoms with E-state index in [0.717, 1.165) is 35.5 Å². The molecule has 0 aliphatic carbocycles. The molecule has 1 atom stereocenters. The van der Waals surface area contributed by atoms with Gasteiger partial charge in [0.25, 0.3) is 0 Å². The molecule has 0 bridgehead atoms. The zero-order chi connectivity index (χ0) is 14.5. The molecule has 2 rings (SSSR count). The van der Waals surface area contributed by atoms with Crippen LogP contribution in [0.25, 0.3) is 0 Å². The van der Waals surface area contributed by atoms with Crippen molar-refractivity contribution >= 4 is 0 Å². The molecule has 2 aromatic rings. The van der Waals surface area contributed by atoms with Crippen molar-refractivity contribution in [1.29, 1.82) is 0 Å². The van der Waals surface area contributed by atoms with Crippen LogP contribution in [-0.2, 0) is 0 Å². The zero-order valence-electron chi connectivity index (χ0n) is 12.2. The fraction of sp³-hybridized carbons (Fsp3) is 0.375. The van der Waals surface area contributed by atoms with Gasteiger partial charge in [0, 0.05) is 0 Å². The third-order valence-corrected chi connectivity index (χ3v) is 3.23. The topological polar surface area (TPSA) is 37.8 Å². The number of aromatic nitrogens is 2. The van der Waals surface area contributed by atoms with Crippen molar-refractivity contribution < 1.29 is 4.39 Å². The van der Waals surface area contributed by atoms with Gasteiger partial charge in [0.2, 0.25) is 0 Å². The second kappa shape index (κ2) is 6.57. The van der Waals surface area contributed by atoms with Crippen molar-refractivity contribution in [2.75, 3.05) is 6.54 Å². The first-order valence-corrected chi connectivity index (χ1v) is 6.91. The molecule has 0 spiro atoms. The van der Waals surface area contributed by atoms with Crippen LogP contribution in [0, 0.1) is 19.7 Å². The minimum Gasteiger partial charge on any atom is -0.306 e. The van der Waals surface area contributed by atoms with Gasteiger partial charge in [0.05, 0.1) is 17.4 Å². The SMILES string of the molecule is CCCNC(c1cccc(F)c1)c1cc(C)nnc1C. The molecule has 1 aromatic heterocycles. The lowest BCUT2D eigenvalue weighted by Gasteiger charge is -2.21. The van der Waals surface area contributed by atoms with Crippen molar-refractivity contribution in [3.63, 3.8) is 0 Å². The Hall–Kier alpha value is -1.81. The van der Waals surface area contributed by atoms with E-state index >= 15 is 0 Å². The first-order valence-electron chi connectivity index (χ1n) is 6.91.